The van der Waals surface area contributed by atoms with E-state index in [4.69, 9.17) is 4.74 Å². The van der Waals surface area contributed by atoms with E-state index >= 15 is 0 Å². The molecule has 0 atom stereocenters. The minimum atomic E-state index is -0.313. The lowest BCUT2D eigenvalue weighted by Crippen LogP contribution is -2.20. The van der Waals surface area contributed by atoms with Gasteiger partial charge in [0, 0.05) is 25.3 Å². The van der Waals surface area contributed by atoms with Crippen LogP contribution in [0.2, 0.25) is 0 Å². The summed E-state index contributed by atoms with van der Waals surface area (Å²) in [6.07, 6.45) is 2.21. The second-order valence-electron chi connectivity index (χ2n) is 4.05. The lowest BCUT2D eigenvalue weighted by molar-refractivity contribution is 0.386. The molecular formula is C13H21FN2O. The number of nitrogens with one attached hydrogen (secondary N) is 1. The van der Waals surface area contributed by atoms with E-state index < -0.39 is 0 Å². The molecule has 0 bridgehead atoms. The van der Waals surface area contributed by atoms with Gasteiger partial charge in [0.25, 0.3) is 0 Å². The molecule has 1 rings (SSSR count). The van der Waals surface area contributed by atoms with Gasteiger partial charge in [0.15, 0.2) is 11.6 Å². The Bertz CT molecular complexity index is 344. The molecule has 0 aromatic heterocycles. The van der Waals surface area contributed by atoms with E-state index in [0.717, 1.165) is 31.6 Å². The van der Waals surface area contributed by atoms with Crippen LogP contribution in [0.5, 0.6) is 5.75 Å². The number of hydrogen-bond acceptors (Lipinski definition) is 3. The first-order valence-electron chi connectivity index (χ1n) is 5.88. The predicted molar refractivity (Wildman–Crippen MR) is 69.4 cm³/mol. The Balaban J connectivity index is 2.51. The molecule has 0 aliphatic carbocycles. The van der Waals surface area contributed by atoms with E-state index in [9.17, 15) is 4.39 Å². The van der Waals surface area contributed by atoms with Gasteiger partial charge in [-0.3, -0.25) is 0 Å². The van der Waals surface area contributed by atoms with Crippen molar-refractivity contribution in [1.29, 1.82) is 0 Å². The molecule has 1 aromatic carbocycles. The monoisotopic (exact) mass is 240 g/mol. The van der Waals surface area contributed by atoms with Crippen LogP contribution in [0.1, 0.15) is 12.8 Å². The lowest BCUT2D eigenvalue weighted by atomic mass is 10.2. The third-order valence-corrected chi connectivity index (χ3v) is 2.75. The maximum Gasteiger partial charge on any atom is 0.167 e. The van der Waals surface area contributed by atoms with Gasteiger partial charge in [-0.25, -0.2) is 4.39 Å². The zero-order valence-corrected chi connectivity index (χ0v) is 10.8. The van der Waals surface area contributed by atoms with E-state index in [1.54, 1.807) is 6.07 Å². The first-order chi connectivity index (χ1) is 8.19. The lowest BCUT2D eigenvalue weighted by Gasteiger charge is -2.19. The van der Waals surface area contributed by atoms with Gasteiger partial charge in [-0.05, 0) is 38.6 Å². The molecule has 17 heavy (non-hydrogen) atoms. The van der Waals surface area contributed by atoms with Crippen molar-refractivity contribution in [2.45, 2.75) is 12.8 Å². The number of benzene rings is 1. The molecule has 3 nitrogen and oxygen atoms in total. The van der Waals surface area contributed by atoms with Gasteiger partial charge < -0.3 is 15.0 Å². The van der Waals surface area contributed by atoms with Gasteiger partial charge >= 0.3 is 0 Å². The van der Waals surface area contributed by atoms with Gasteiger partial charge in [-0.1, -0.05) is 0 Å². The zero-order valence-electron chi connectivity index (χ0n) is 10.8. The third kappa shape index (κ3) is 4.23. The first-order valence-corrected chi connectivity index (χ1v) is 5.88. The minimum Gasteiger partial charge on any atom is -0.494 e. The van der Waals surface area contributed by atoms with Crippen molar-refractivity contribution in [3.05, 3.63) is 24.0 Å². The molecule has 0 spiro atoms. The Kier molecular flexibility index (Phi) is 5.77. The summed E-state index contributed by atoms with van der Waals surface area (Å²) in [6.45, 7) is 1.94. The standard InChI is InChI=1S/C13H21FN2O/c1-15-8-4-5-9-16(2)11-6-7-13(17-3)12(14)10-11/h6-7,10,15H,4-5,8-9H2,1-3H3. The van der Waals surface area contributed by atoms with Crippen LogP contribution in [0, 0.1) is 5.82 Å². The number of methoxy groups -OCH3 is 1. The molecule has 0 amide bonds. The van der Waals surface area contributed by atoms with Gasteiger partial charge in [0.05, 0.1) is 7.11 Å². The van der Waals surface area contributed by atoms with Gasteiger partial charge in [-0.15, -0.1) is 0 Å². The summed E-state index contributed by atoms with van der Waals surface area (Å²) in [5, 5.41) is 3.11. The Morgan fingerprint density at radius 3 is 2.71 bits per heavy atom. The van der Waals surface area contributed by atoms with Crippen molar-refractivity contribution in [3.8, 4) is 5.75 Å². The molecule has 0 fully saturated rings. The number of ether oxygens (including phenoxy) is 1. The summed E-state index contributed by atoms with van der Waals surface area (Å²) in [4.78, 5) is 2.05. The maximum atomic E-state index is 13.5. The van der Waals surface area contributed by atoms with Crippen LogP contribution in [0.15, 0.2) is 18.2 Å². The maximum absolute atomic E-state index is 13.5. The Morgan fingerprint density at radius 1 is 1.35 bits per heavy atom. The molecule has 0 unspecified atom stereocenters. The van der Waals surface area contributed by atoms with E-state index in [-0.39, 0.29) is 11.6 Å². The van der Waals surface area contributed by atoms with E-state index in [1.165, 1.54) is 13.2 Å². The number of unbranched alkanes of at least 4 members (excludes halogenated alkanes) is 1. The van der Waals surface area contributed by atoms with Gasteiger partial charge in [0.2, 0.25) is 0 Å². The summed E-state index contributed by atoms with van der Waals surface area (Å²) in [5.41, 5.74) is 0.882. The van der Waals surface area contributed by atoms with Crippen molar-refractivity contribution < 1.29 is 9.13 Å². The fourth-order valence-corrected chi connectivity index (χ4v) is 1.67. The summed E-state index contributed by atoms with van der Waals surface area (Å²) < 4.78 is 18.4. The Labute approximate surface area is 103 Å². The van der Waals surface area contributed by atoms with Crippen LogP contribution in [-0.2, 0) is 0 Å². The zero-order chi connectivity index (χ0) is 12.7. The highest BCUT2D eigenvalue weighted by atomic mass is 19.1. The van der Waals surface area contributed by atoms with E-state index in [2.05, 4.69) is 10.2 Å². The number of rotatable bonds is 7. The SMILES string of the molecule is CNCCCCN(C)c1ccc(OC)c(F)c1. The van der Waals surface area contributed by atoms with Crippen molar-refractivity contribution in [2.24, 2.45) is 0 Å². The number of anilines is 1. The summed E-state index contributed by atoms with van der Waals surface area (Å²) in [5.74, 6) is -0.0237. The average molecular weight is 240 g/mol. The molecular weight excluding hydrogens is 219 g/mol. The van der Waals surface area contributed by atoms with Crippen LogP contribution >= 0.6 is 0 Å². The van der Waals surface area contributed by atoms with E-state index in [1.807, 2.05) is 20.2 Å². The molecule has 4 heteroatoms. The summed E-state index contributed by atoms with van der Waals surface area (Å²) in [7, 11) is 5.39. The van der Waals surface area contributed by atoms with Crippen LogP contribution in [0.25, 0.3) is 0 Å². The molecule has 96 valence electrons. The molecule has 0 aliphatic heterocycles. The average Bonchev–Trinajstić information content (AvgIpc) is 2.34. The van der Waals surface area contributed by atoms with Crippen LogP contribution in [0.4, 0.5) is 10.1 Å². The van der Waals surface area contributed by atoms with Crippen LogP contribution < -0.4 is 15.0 Å². The minimum absolute atomic E-state index is 0.289. The van der Waals surface area contributed by atoms with Gasteiger partial charge in [0.1, 0.15) is 0 Å². The summed E-state index contributed by atoms with van der Waals surface area (Å²) in [6, 6.07) is 5.05. The van der Waals surface area contributed by atoms with Crippen LogP contribution in [0.3, 0.4) is 0 Å². The number of hydrogen-bond donors (Lipinski definition) is 1. The van der Waals surface area contributed by atoms with E-state index in [0.29, 0.717) is 0 Å². The topological polar surface area (TPSA) is 24.5 Å². The van der Waals surface area contributed by atoms with Crippen molar-refractivity contribution in [3.63, 3.8) is 0 Å². The quantitative estimate of drug-likeness (QED) is 0.740. The molecule has 0 saturated heterocycles. The normalized spacial score (nSPS) is 10.4. The van der Waals surface area contributed by atoms with Crippen LogP contribution in [-0.4, -0.2) is 34.3 Å². The Hall–Kier alpha value is -1.29. The highest BCUT2D eigenvalue weighted by molar-refractivity contribution is 5.49. The fraction of sp³-hybridized carbons (Fsp3) is 0.538. The summed E-state index contributed by atoms with van der Waals surface area (Å²) >= 11 is 0. The van der Waals surface area contributed by atoms with Crippen molar-refractivity contribution in [2.75, 3.05) is 39.2 Å². The molecule has 0 heterocycles. The van der Waals surface area contributed by atoms with Gasteiger partial charge in [-0.2, -0.15) is 0 Å². The molecule has 1 aromatic rings. The molecule has 0 aliphatic rings. The highest BCUT2D eigenvalue weighted by Gasteiger charge is 2.06. The largest absolute Gasteiger partial charge is 0.494 e. The third-order valence-electron chi connectivity index (χ3n) is 2.75. The molecule has 0 radical (unpaired) electrons. The second-order valence-corrected chi connectivity index (χ2v) is 4.05. The van der Waals surface area contributed by atoms with Crippen molar-refractivity contribution in [1.82, 2.24) is 5.32 Å². The number of nitrogens with zero attached hydrogens (tertiary/aromatic N) is 1. The second kappa shape index (κ2) is 7.12. The van der Waals surface area contributed by atoms with Crippen molar-refractivity contribution >= 4 is 5.69 Å². The fourth-order valence-electron chi connectivity index (χ4n) is 1.67. The highest BCUT2D eigenvalue weighted by Crippen LogP contribution is 2.22. The smallest absolute Gasteiger partial charge is 0.167 e. The number of halogens is 1. The predicted octanol–water partition coefficient (Wildman–Crippen LogP) is 2.27. The first kappa shape index (κ1) is 13.8. The molecule has 1 N–H and O–H groups in total. The Morgan fingerprint density at radius 2 is 2.12 bits per heavy atom. The molecule has 0 saturated carbocycles.